The lowest BCUT2D eigenvalue weighted by Crippen LogP contribution is -2.25. The number of H-pyrrole nitrogens is 1. The van der Waals surface area contributed by atoms with E-state index in [0.29, 0.717) is 63.5 Å². The van der Waals surface area contributed by atoms with E-state index in [1.165, 1.54) is 25.3 Å². The molecule has 16 heteroatoms. The molecule has 8 rings (SSSR count). The molecule has 4 aromatic carbocycles. The molecule has 62 heavy (non-hydrogen) atoms. The highest BCUT2D eigenvalue weighted by molar-refractivity contribution is 7.92. The van der Waals surface area contributed by atoms with Crippen LogP contribution in [0.2, 0.25) is 0 Å². The second-order valence-corrected chi connectivity index (χ2v) is 17.8. The number of esters is 1. The van der Waals surface area contributed by atoms with Crippen LogP contribution in [0.3, 0.4) is 0 Å². The lowest BCUT2D eigenvalue weighted by molar-refractivity contribution is -0.141. The molecule has 1 aliphatic heterocycles. The van der Waals surface area contributed by atoms with E-state index in [0.717, 1.165) is 37.7 Å². The predicted octanol–water partition coefficient (Wildman–Crippen LogP) is 8.20. The number of anilines is 1. The summed E-state index contributed by atoms with van der Waals surface area (Å²) in [7, 11) is -2.62. The Bertz CT molecular complexity index is 3090. The van der Waals surface area contributed by atoms with Crippen molar-refractivity contribution in [3.63, 3.8) is 0 Å². The standard InChI is InChI=1S/C46H41FN8O5S2/c1-6-29-14-18-37(43-41(29)33(23-48)24-50-43)54-62(58,59)34-15-7-28(8-16-34)19-20-49-45(57)32-13-17-35(36(47)21-32)30-9-11-31(12-10-30)42-40-25(2)26(3)61-46(40)55-27(4)52-53-44(55)38(51-42)22-39(56)60-5/h7-18,21,24,38,50,54H,6,19-20,22H2,1-5H3,(H,49,57)/t38-/m0/s1. The fourth-order valence-corrected chi connectivity index (χ4v) is 10.00. The van der Waals surface area contributed by atoms with E-state index in [9.17, 15) is 23.3 Å². The number of aromatic nitrogens is 4. The van der Waals surface area contributed by atoms with Gasteiger partial charge in [-0.15, -0.1) is 21.5 Å². The number of aromatic amines is 1. The molecule has 4 heterocycles. The fraction of sp³-hybridized carbons (Fsp3) is 0.217. The van der Waals surface area contributed by atoms with E-state index in [1.807, 2.05) is 50.5 Å². The lowest BCUT2D eigenvalue weighted by Gasteiger charge is -2.12. The van der Waals surface area contributed by atoms with Crippen LogP contribution in [0.5, 0.6) is 0 Å². The van der Waals surface area contributed by atoms with Crippen molar-refractivity contribution >= 4 is 55.5 Å². The van der Waals surface area contributed by atoms with Crippen molar-refractivity contribution in [1.82, 2.24) is 25.1 Å². The fourth-order valence-electron chi connectivity index (χ4n) is 7.71. The van der Waals surface area contributed by atoms with Gasteiger partial charge >= 0.3 is 5.97 Å². The summed E-state index contributed by atoms with van der Waals surface area (Å²) in [5, 5.41) is 22.7. The molecule has 314 valence electrons. The highest BCUT2D eigenvalue weighted by atomic mass is 32.2. The number of thiophene rings is 1. The third-order valence-corrected chi connectivity index (χ3v) is 13.7. The van der Waals surface area contributed by atoms with E-state index in [2.05, 4.69) is 31.3 Å². The number of benzene rings is 4. The van der Waals surface area contributed by atoms with Crippen LogP contribution in [0.15, 0.2) is 94.9 Å². The quantitative estimate of drug-likeness (QED) is 0.103. The smallest absolute Gasteiger partial charge is 0.308 e. The molecule has 3 N–H and O–H groups in total. The van der Waals surface area contributed by atoms with E-state index in [1.54, 1.807) is 60.0 Å². The Morgan fingerprint density at radius 3 is 2.44 bits per heavy atom. The van der Waals surface area contributed by atoms with Crippen LogP contribution in [0.1, 0.15) is 79.7 Å². The molecule has 0 aliphatic carbocycles. The molecule has 1 atom stereocenters. The maximum absolute atomic E-state index is 15.7. The van der Waals surface area contributed by atoms with Gasteiger partial charge in [-0.2, -0.15) is 5.26 Å². The van der Waals surface area contributed by atoms with Gasteiger partial charge < -0.3 is 15.0 Å². The summed E-state index contributed by atoms with van der Waals surface area (Å²) in [6.45, 7) is 8.15. The molecule has 0 saturated carbocycles. The third kappa shape index (κ3) is 7.76. The number of amides is 1. The highest BCUT2D eigenvalue weighted by Gasteiger charge is 2.33. The van der Waals surface area contributed by atoms with Gasteiger partial charge in [0.15, 0.2) is 5.82 Å². The van der Waals surface area contributed by atoms with Crippen LogP contribution < -0.4 is 10.0 Å². The van der Waals surface area contributed by atoms with Crippen LogP contribution in [0.25, 0.3) is 27.0 Å². The summed E-state index contributed by atoms with van der Waals surface area (Å²) < 4.78 is 51.9. The molecule has 0 fully saturated rings. The van der Waals surface area contributed by atoms with Gasteiger partial charge in [0.05, 0.1) is 40.9 Å². The summed E-state index contributed by atoms with van der Waals surface area (Å²) in [6.07, 6.45) is 2.64. The van der Waals surface area contributed by atoms with Crippen LogP contribution in [-0.2, 0) is 32.4 Å². The van der Waals surface area contributed by atoms with Gasteiger partial charge in [-0.1, -0.05) is 55.5 Å². The summed E-state index contributed by atoms with van der Waals surface area (Å²) in [4.78, 5) is 34.9. The molecule has 1 aliphatic rings. The van der Waals surface area contributed by atoms with Crippen molar-refractivity contribution in [2.24, 2.45) is 4.99 Å². The van der Waals surface area contributed by atoms with Crippen molar-refractivity contribution < 1.29 is 27.1 Å². The number of halogens is 1. The number of hydrogen-bond acceptors (Lipinski definition) is 10. The number of aliphatic imine (C=N–C) groups is 1. The summed E-state index contributed by atoms with van der Waals surface area (Å²) in [6, 6.07) is 23.0. The van der Waals surface area contributed by atoms with Gasteiger partial charge in [0.2, 0.25) is 0 Å². The first-order valence-corrected chi connectivity index (χ1v) is 22.1. The van der Waals surface area contributed by atoms with Crippen molar-refractivity contribution in [3.05, 3.63) is 146 Å². The molecule has 0 saturated heterocycles. The number of ether oxygens (including phenoxy) is 1. The van der Waals surface area contributed by atoms with Crippen LogP contribution >= 0.6 is 11.3 Å². The number of nitrogens with one attached hydrogen (secondary N) is 3. The molecular weight excluding hydrogens is 828 g/mol. The van der Waals surface area contributed by atoms with Crippen LogP contribution in [0, 0.1) is 37.9 Å². The van der Waals surface area contributed by atoms with Gasteiger partial charge in [-0.3, -0.25) is 23.9 Å². The minimum atomic E-state index is -3.95. The number of nitriles is 1. The van der Waals surface area contributed by atoms with Crippen molar-refractivity contribution in [3.8, 4) is 22.2 Å². The van der Waals surface area contributed by atoms with Gasteiger partial charge in [0.1, 0.15) is 28.8 Å². The molecule has 0 bridgehead atoms. The van der Waals surface area contributed by atoms with Gasteiger partial charge in [-0.05, 0) is 86.2 Å². The summed E-state index contributed by atoms with van der Waals surface area (Å²) in [5.41, 5.74) is 7.55. The first kappa shape index (κ1) is 41.8. The zero-order valence-corrected chi connectivity index (χ0v) is 36.1. The molecule has 3 aromatic heterocycles. The Labute approximate surface area is 361 Å². The Morgan fingerprint density at radius 2 is 1.74 bits per heavy atom. The van der Waals surface area contributed by atoms with E-state index in [-0.39, 0.29) is 23.4 Å². The second kappa shape index (κ2) is 16.8. The monoisotopic (exact) mass is 868 g/mol. The van der Waals surface area contributed by atoms with Crippen molar-refractivity contribution in [2.75, 3.05) is 18.4 Å². The zero-order chi connectivity index (χ0) is 43.9. The van der Waals surface area contributed by atoms with Crippen LogP contribution in [0.4, 0.5) is 10.1 Å². The van der Waals surface area contributed by atoms with Crippen molar-refractivity contribution in [2.45, 2.75) is 57.9 Å². The number of rotatable bonds is 12. The number of carbonyl (C=O) groups is 2. The molecule has 1 amide bonds. The molecular formula is C46H41FN8O5S2. The normalized spacial score (nSPS) is 13.4. The Kier molecular flexibility index (Phi) is 11.3. The summed E-state index contributed by atoms with van der Waals surface area (Å²) in [5.74, 6) is -0.211. The predicted molar refractivity (Wildman–Crippen MR) is 236 cm³/mol. The first-order valence-electron chi connectivity index (χ1n) is 19.8. The largest absolute Gasteiger partial charge is 0.469 e. The Balaban J connectivity index is 0.930. The molecule has 0 unspecified atom stereocenters. The highest BCUT2D eigenvalue weighted by Crippen LogP contribution is 2.40. The maximum Gasteiger partial charge on any atom is 0.308 e. The average Bonchev–Trinajstić information content (AvgIpc) is 3.94. The van der Waals surface area contributed by atoms with Gasteiger partial charge in [-0.25, -0.2) is 12.8 Å². The van der Waals surface area contributed by atoms with E-state index >= 15 is 4.39 Å². The van der Waals surface area contributed by atoms with E-state index in [4.69, 9.17) is 9.73 Å². The zero-order valence-electron chi connectivity index (χ0n) is 34.5. The third-order valence-electron chi connectivity index (χ3n) is 11.1. The lowest BCUT2D eigenvalue weighted by atomic mass is 9.96. The number of methoxy groups -OCH3 is 1. The number of sulfonamides is 1. The topological polar surface area (TPSA) is 184 Å². The molecule has 13 nitrogen and oxygen atoms in total. The van der Waals surface area contributed by atoms with E-state index < -0.39 is 33.8 Å². The molecule has 7 aromatic rings. The van der Waals surface area contributed by atoms with Gasteiger partial charge in [0, 0.05) is 45.3 Å². The maximum atomic E-state index is 15.7. The average molecular weight is 869 g/mol. The number of fused-ring (bicyclic) bond motifs is 4. The summed E-state index contributed by atoms with van der Waals surface area (Å²) >= 11 is 1.60. The number of aryl methyl sites for hydroxylation is 3. The number of carbonyl (C=O) groups excluding carboxylic acids is 2. The second-order valence-electron chi connectivity index (χ2n) is 14.9. The molecule has 0 spiro atoms. The van der Waals surface area contributed by atoms with Crippen LogP contribution in [-0.4, -0.2) is 59.4 Å². The van der Waals surface area contributed by atoms with Gasteiger partial charge in [0.25, 0.3) is 15.9 Å². The SMILES string of the molecule is CCc1ccc(NS(=O)(=O)c2ccc(CCNC(=O)c3ccc(-c4ccc(C5=N[C@@H](CC(=O)OC)c6nnc(C)n6-c6sc(C)c(C)c65)cc4)c(F)c3)cc2)c2[nH]cc(C#N)c12. The molecule has 0 radical (unpaired) electrons. The van der Waals surface area contributed by atoms with Crippen molar-refractivity contribution in [1.29, 1.82) is 5.26 Å². The Hall–Kier alpha value is -6.96. The number of nitrogens with zero attached hydrogens (tertiary/aromatic N) is 5. The number of hydrogen-bond donors (Lipinski definition) is 3. The first-order chi connectivity index (χ1) is 29.8. The minimum Gasteiger partial charge on any atom is -0.469 e. The Morgan fingerprint density at radius 1 is 1.00 bits per heavy atom. The minimum absolute atomic E-state index is 0.0213.